The van der Waals surface area contributed by atoms with E-state index in [4.69, 9.17) is 16.5 Å². The van der Waals surface area contributed by atoms with E-state index in [-0.39, 0.29) is 0 Å². The van der Waals surface area contributed by atoms with E-state index in [1.165, 1.54) is 5.56 Å². The molecule has 2 aromatic carbocycles. The molecule has 0 amide bonds. The van der Waals surface area contributed by atoms with Gasteiger partial charge >= 0.3 is 0 Å². The van der Waals surface area contributed by atoms with Gasteiger partial charge in [-0.05, 0) is 42.2 Å². The van der Waals surface area contributed by atoms with Crippen LogP contribution >= 0.6 is 0 Å². The van der Waals surface area contributed by atoms with Crippen LogP contribution in [-0.2, 0) is 19.1 Å². The van der Waals surface area contributed by atoms with E-state index in [0.29, 0.717) is 12.2 Å². The zero-order chi connectivity index (χ0) is 27.0. The Bertz CT molecular complexity index is 1660. The molecule has 0 spiro atoms. The van der Waals surface area contributed by atoms with Gasteiger partial charge in [-0.3, -0.25) is 4.68 Å². The fourth-order valence-corrected chi connectivity index (χ4v) is 6.00. The number of nitrogens with zero attached hydrogens (tertiary/aromatic N) is 7. The summed E-state index contributed by atoms with van der Waals surface area (Å²) >= 11 is 0. The van der Waals surface area contributed by atoms with Crippen molar-refractivity contribution >= 4 is 24.9 Å². The standard InChI is InChI=1S/C30H33N7Si/c1-8-28-33-29-20(2)15-21(3)32-30(29)37(28)17-22-9-11-23(12-10-22)25-16-24(13-14-26(25)31-4)27-18-36(35-34-27)19-38(5,6)7/h9-16,18H,8,17,19H2,1-3,5-7H3. The van der Waals surface area contributed by atoms with Crippen LogP contribution in [-0.4, -0.2) is 37.6 Å². The molecule has 0 fully saturated rings. The van der Waals surface area contributed by atoms with Gasteiger partial charge in [-0.1, -0.05) is 74.2 Å². The third-order valence-electron chi connectivity index (χ3n) is 6.61. The fourth-order valence-electron chi connectivity index (χ4n) is 4.87. The van der Waals surface area contributed by atoms with Gasteiger partial charge in [0.2, 0.25) is 0 Å². The lowest BCUT2D eigenvalue weighted by atomic mass is 9.99. The third kappa shape index (κ3) is 5.15. The second kappa shape index (κ2) is 9.99. The molecule has 3 heterocycles. The number of hydrogen-bond acceptors (Lipinski definition) is 4. The van der Waals surface area contributed by atoms with Gasteiger partial charge < -0.3 is 4.57 Å². The lowest BCUT2D eigenvalue weighted by Crippen LogP contribution is -2.28. The maximum absolute atomic E-state index is 7.72. The maximum Gasteiger partial charge on any atom is 0.194 e. The number of aromatic nitrogens is 6. The second-order valence-corrected chi connectivity index (χ2v) is 16.6. The summed E-state index contributed by atoms with van der Waals surface area (Å²) in [4.78, 5) is 13.5. The molecule has 192 valence electrons. The summed E-state index contributed by atoms with van der Waals surface area (Å²) in [5.74, 6) is 1.04. The molecule has 38 heavy (non-hydrogen) atoms. The molecule has 0 saturated heterocycles. The van der Waals surface area contributed by atoms with E-state index < -0.39 is 8.07 Å². The lowest BCUT2D eigenvalue weighted by molar-refractivity contribution is 0.681. The number of imidazole rings is 1. The van der Waals surface area contributed by atoms with Gasteiger partial charge in [-0.2, -0.15) is 0 Å². The van der Waals surface area contributed by atoms with Crippen LogP contribution in [0.5, 0.6) is 0 Å². The Morgan fingerprint density at radius 2 is 1.68 bits per heavy atom. The first-order chi connectivity index (χ1) is 18.1. The summed E-state index contributed by atoms with van der Waals surface area (Å²) in [6.45, 7) is 21.6. The summed E-state index contributed by atoms with van der Waals surface area (Å²) in [5, 5.41) is 8.76. The minimum absolute atomic E-state index is 0.625. The monoisotopic (exact) mass is 519 g/mol. The molecule has 0 N–H and O–H groups in total. The van der Waals surface area contributed by atoms with Crippen LogP contribution in [0.2, 0.25) is 19.6 Å². The first-order valence-electron chi connectivity index (χ1n) is 13.0. The Balaban J connectivity index is 1.46. The van der Waals surface area contributed by atoms with Crippen LogP contribution in [0, 0.1) is 20.4 Å². The summed E-state index contributed by atoms with van der Waals surface area (Å²) in [6, 6.07) is 16.4. The molecule has 8 heteroatoms. The van der Waals surface area contributed by atoms with Crippen molar-refractivity contribution in [3.8, 4) is 22.4 Å². The Kier molecular flexibility index (Phi) is 6.72. The minimum Gasteiger partial charge on any atom is -0.308 e. The Hall–Kier alpha value is -4.09. The van der Waals surface area contributed by atoms with E-state index in [9.17, 15) is 0 Å². The van der Waals surface area contributed by atoms with Crippen molar-refractivity contribution in [1.82, 2.24) is 29.5 Å². The quantitative estimate of drug-likeness (QED) is 0.171. The number of fused-ring (bicyclic) bond motifs is 1. The van der Waals surface area contributed by atoms with Gasteiger partial charge in [0, 0.05) is 23.8 Å². The smallest absolute Gasteiger partial charge is 0.194 e. The molecule has 0 radical (unpaired) electrons. The number of hydrogen-bond donors (Lipinski definition) is 0. The van der Waals surface area contributed by atoms with Crippen molar-refractivity contribution < 1.29 is 0 Å². The van der Waals surface area contributed by atoms with Gasteiger partial charge in [0.15, 0.2) is 11.3 Å². The number of benzene rings is 2. The van der Waals surface area contributed by atoms with Crippen LogP contribution in [0.25, 0.3) is 38.4 Å². The first kappa shape index (κ1) is 25.6. The predicted molar refractivity (Wildman–Crippen MR) is 156 cm³/mol. The highest BCUT2D eigenvalue weighted by Gasteiger charge is 2.17. The summed E-state index contributed by atoms with van der Waals surface area (Å²) in [5.41, 5.74) is 9.56. The normalized spacial score (nSPS) is 11.7. The molecule has 0 aliphatic carbocycles. The molecule has 5 rings (SSSR count). The highest BCUT2D eigenvalue weighted by Crippen LogP contribution is 2.34. The summed E-state index contributed by atoms with van der Waals surface area (Å²) < 4.78 is 4.17. The fraction of sp³-hybridized carbons (Fsp3) is 0.300. The number of rotatable bonds is 7. The Labute approximate surface area is 225 Å². The number of aryl methyl sites for hydroxylation is 3. The van der Waals surface area contributed by atoms with E-state index in [2.05, 4.69) is 89.6 Å². The highest BCUT2D eigenvalue weighted by atomic mass is 28.3. The third-order valence-corrected chi connectivity index (χ3v) is 7.88. The first-order valence-corrected chi connectivity index (χ1v) is 16.7. The summed E-state index contributed by atoms with van der Waals surface area (Å²) in [7, 11) is -1.31. The summed E-state index contributed by atoms with van der Waals surface area (Å²) in [6.07, 6.45) is 3.78. The van der Waals surface area contributed by atoms with Gasteiger partial charge in [-0.25, -0.2) is 14.8 Å². The molecule has 0 atom stereocenters. The van der Waals surface area contributed by atoms with Crippen molar-refractivity contribution in [3.63, 3.8) is 0 Å². The largest absolute Gasteiger partial charge is 0.308 e. The van der Waals surface area contributed by atoms with E-state index in [1.807, 2.05) is 29.9 Å². The van der Waals surface area contributed by atoms with Gasteiger partial charge in [-0.15, -0.1) is 5.10 Å². The molecule has 0 saturated carbocycles. The molecule has 0 aliphatic heterocycles. The molecule has 7 nitrogen and oxygen atoms in total. The maximum atomic E-state index is 7.72. The Morgan fingerprint density at radius 3 is 2.37 bits per heavy atom. The molecular weight excluding hydrogens is 486 g/mol. The SMILES string of the molecule is [C-]#[N+]c1ccc(-c2cn(C[Si](C)(C)C)nn2)cc1-c1ccc(Cn2c(CC)nc3c(C)cc(C)nc32)cc1. The van der Waals surface area contributed by atoms with Crippen LogP contribution in [0.15, 0.2) is 54.7 Å². The lowest BCUT2D eigenvalue weighted by Gasteiger charge is -2.14. The molecule has 5 aromatic rings. The molecule has 3 aromatic heterocycles. The van der Waals surface area contributed by atoms with Gasteiger partial charge in [0.1, 0.15) is 17.0 Å². The van der Waals surface area contributed by atoms with Gasteiger partial charge in [0.25, 0.3) is 0 Å². The zero-order valence-electron chi connectivity index (χ0n) is 22.9. The molecule has 0 aliphatic rings. The average molecular weight is 520 g/mol. The zero-order valence-corrected chi connectivity index (χ0v) is 23.9. The van der Waals surface area contributed by atoms with Crippen LogP contribution < -0.4 is 0 Å². The van der Waals surface area contributed by atoms with Crippen molar-refractivity contribution in [1.29, 1.82) is 0 Å². The number of pyridine rings is 1. The van der Waals surface area contributed by atoms with Crippen molar-refractivity contribution in [2.24, 2.45) is 0 Å². The molecule has 0 unspecified atom stereocenters. The highest BCUT2D eigenvalue weighted by molar-refractivity contribution is 6.74. The average Bonchev–Trinajstić information content (AvgIpc) is 3.48. The van der Waals surface area contributed by atoms with E-state index >= 15 is 0 Å². The van der Waals surface area contributed by atoms with Crippen molar-refractivity contribution in [2.45, 2.75) is 59.5 Å². The topological polar surface area (TPSA) is 65.8 Å². The molecular formula is C30H33N7Si. The van der Waals surface area contributed by atoms with E-state index in [1.54, 1.807) is 0 Å². The Morgan fingerprint density at radius 1 is 0.947 bits per heavy atom. The van der Waals surface area contributed by atoms with Crippen molar-refractivity contribution in [3.05, 3.63) is 88.8 Å². The van der Waals surface area contributed by atoms with Gasteiger partial charge in [0.05, 0.1) is 27.4 Å². The van der Waals surface area contributed by atoms with Crippen molar-refractivity contribution in [2.75, 3.05) is 0 Å². The molecule has 0 bridgehead atoms. The predicted octanol–water partition coefficient (Wildman–Crippen LogP) is 7.01. The second-order valence-electron chi connectivity index (χ2n) is 11.1. The van der Waals surface area contributed by atoms with Crippen LogP contribution in [0.1, 0.15) is 29.6 Å². The van der Waals surface area contributed by atoms with E-state index in [0.717, 1.165) is 63.2 Å². The minimum atomic E-state index is -1.31. The van der Waals surface area contributed by atoms with Crippen LogP contribution in [0.4, 0.5) is 5.69 Å². The van der Waals surface area contributed by atoms with Crippen LogP contribution in [0.3, 0.4) is 0 Å².